The fourth-order valence-corrected chi connectivity index (χ4v) is 5.44. The number of aryl methyl sites for hydroxylation is 1. The number of benzene rings is 1. The van der Waals surface area contributed by atoms with E-state index in [1.165, 1.54) is 11.3 Å². The Kier molecular flexibility index (Phi) is 6.56. The third-order valence-corrected chi connectivity index (χ3v) is 6.81. The fourth-order valence-electron chi connectivity index (χ4n) is 4.61. The van der Waals surface area contributed by atoms with Crippen LogP contribution < -0.4 is 4.90 Å². The predicted molar refractivity (Wildman–Crippen MR) is 125 cm³/mol. The summed E-state index contributed by atoms with van der Waals surface area (Å²) in [7, 11) is 0. The lowest BCUT2D eigenvalue weighted by atomic mass is 9.79. The summed E-state index contributed by atoms with van der Waals surface area (Å²) in [6, 6.07) is 4.33. The molecule has 2 heterocycles. The molecule has 1 aromatic carbocycles. The summed E-state index contributed by atoms with van der Waals surface area (Å²) < 4.78 is 5.07. The zero-order valence-electron chi connectivity index (χ0n) is 19.4. The molecule has 3 rings (SSSR count). The number of thioether (sulfide) groups is 1. The number of nitrogens with zero attached hydrogens (tertiary/aromatic N) is 2. The van der Waals surface area contributed by atoms with Gasteiger partial charge in [0.2, 0.25) is 0 Å². The standard InChI is InChI=1S/C24H32N2O4S/c1-8-26-19-9-15(4)17(10-18(19)16(5)12-24(26,6)7)11-20-22(28)25(23(29)31-20)13-21(27)30-14(2)3/h9-11,14,16H,8,12-13H2,1-7H3/b20-11+. The number of rotatable bonds is 5. The van der Waals surface area contributed by atoms with Crippen LogP contribution in [0.3, 0.4) is 0 Å². The minimum absolute atomic E-state index is 0.0857. The van der Waals surface area contributed by atoms with Gasteiger partial charge in [0.25, 0.3) is 11.1 Å². The Labute approximate surface area is 189 Å². The van der Waals surface area contributed by atoms with Crippen LogP contribution in [-0.2, 0) is 14.3 Å². The van der Waals surface area contributed by atoms with Gasteiger partial charge in [0, 0.05) is 17.8 Å². The summed E-state index contributed by atoms with van der Waals surface area (Å²) in [4.78, 5) is 40.8. The summed E-state index contributed by atoms with van der Waals surface area (Å²) in [6.07, 6.45) is 2.53. The molecular weight excluding hydrogens is 412 g/mol. The highest BCUT2D eigenvalue weighted by Crippen LogP contribution is 2.44. The predicted octanol–water partition coefficient (Wildman–Crippen LogP) is 5.10. The van der Waals surface area contributed by atoms with Gasteiger partial charge in [-0.05, 0) is 101 Å². The summed E-state index contributed by atoms with van der Waals surface area (Å²) >= 11 is 0.870. The number of ether oxygens (including phenoxy) is 1. The van der Waals surface area contributed by atoms with Crippen molar-refractivity contribution in [3.63, 3.8) is 0 Å². The molecule has 7 heteroatoms. The molecule has 1 atom stereocenters. The lowest BCUT2D eigenvalue weighted by Gasteiger charge is -2.47. The highest BCUT2D eigenvalue weighted by atomic mass is 32.2. The van der Waals surface area contributed by atoms with E-state index in [0.29, 0.717) is 10.8 Å². The summed E-state index contributed by atoms with van der Waals surface area (Å²) in [6.45, 7) is 15.0. The van der Waals surface area contributed by atoms with Crippen molar-refractivity contribution in [1.82, 2.24) is 4.90 Å². The fraction of sp³-hybridized carbons (Fsp3) is 0.542. The Bertz CT molecular complexity index is 951. The zero-order chi connectivity index (χ0) is 23.1. The van der Waals surface area contributed by atoms with Crippen molar-refractivity contribution in [2.75, 3.05) is 18.0 Å². The van der Waals surface area contributed by atoms with Crippen molar-refractivity contribution in [2.24, 2.45) is 0 Å². The van der Waals surface area contributed by atoms with Gasteiger partial charge in [-0.2, -0.15) is 0 Å². The van der Waals surface area contributed by atoms with Gasteiger partial charge in [-0.15, -0.1) is 0 Å². The maximum atomic E-state index is 12.8. The third kappa shape index (κ3) is 4.66. The first-order valence-corrected chi connectivity index (χ1v) is 11.6. The van der Waals surface area contributed by atoms with Crippen LogP contribution in [0.1, 0.15) is 70.6 Å². The Hall–Kier alpha value is -2.28. The molecule has 0 N–H and O–H groups in total. The van der Waals surface area contributed by atoms with Crippen molar-refractivity contribution in [1.29, 1.82) is 0 Å². The number of carbonyl (C=O) groups is 3. The van der Waals surface area contributed by atoms with E-state index in [1.54, 1.807) is 19.9 Å². The van der Waals surface area contributed by atoms with Gasteiger partial charge in [-0.25, -0.2) is 0 Å². The first-order chi connectivity index (χ1) is 14.4. The Morgan fingerprint density at radius 3 is 2.61 bits per heavy atom. The molecule has 0 bridgehead atoms. The number of carbonyl (C=O) groups excluding carboxylic acids is 3. The average Bonchev–Trinajstić information content (AvgIpc) is 2.89. The normalized spacial score (nSPS) is 21.8. The van der Waals surface area contributed by atoms with Gasteiger partial charge in [0.05, 0.1) is 11.0 Å². The molecule has 2 aliphatic heterocycles. The molecule has 2 amide bonds. The molecule has 1 saturated heterocycles. The largest absolute Gasteiger partial charge is 0.462 e. The Morgan fingerprint density at radius 1 is 1.32 bits per heavy atom. The van der Waals surface area contributed by atoms with E-state index < -0.39 is 17.1 Å². The molecule has 0 radical (unpaired) electrons. The highest BCUT2D eigenvalue weighted by molar-refractivity contribution is 8.18. The van der Waals surface area contributed by atoms with Crippen molar-refractivity contribution in [3.05, 3.63) is 33.7 Å². The maximum Gasteiger partial charge on any atom is 0.326 e. The van der Waals surface area contributed by atoms with E-state index in [4.69, 9.17) is 4.74 Å². The van der Waals surface area contributed by atoms with Crippen molar-refractivity contribution < 1.29 is 19.1 Å². The van der Waals surface area contributed by atoms with Gasteiger partial charge < -0.3 is 9.64 Å². The lowest BCUT2D eigenvalue weighted by Crippen LogP contribution is -2.48. The van der Waals surface area contributed by atoms with Crippen LogP contribution in [0.25, 0.3) is 6.08 Å². The van der Waals surface area contributed by atoms with E-state index >= 15 is 0 Å². The van der Waals surface area contributed by atoms with Crippen LogP contribution in [0.4, 0.5) is 10.5 Å². The molecule has 0 aliphatic carbocycles. The van der Waals surface area contributed by atoms with E-state index in [0.717, 1.165) is 40.8 Å². The highest BCUT2D eigenvalue weighted by Gasteiger charge is 2.38. The van der Waals surface area contributed by atoms with E-state index in [-0.39, 0.29) is 18.2 Å². The third-order valence-electron chi connectivity index (χ3n) is 5.90. The van der Waals surface area contributed by atoms with Gasteiger partial charge in [-0.1, -0.05) is 6.92 Å². The Balaban J connectivity index is 1.91. The van der Waals surface area contributed by atoms with Gasteiger partial charge in [-0.3, -0.25) is 19.3 Å². The summed E-state index contributed by atoms with van der Waals surface area (Å²) in [5.74, 6) is -0.641. The van der Waals surface area contributed by atoms with Crippen LogP contribution in [-0.4, -0.2) is 46.7 Å². The van der Waals surface area contributed by atoms with E-state index in [9.17, 15) is 14.4 Å². The molecule has 2 aliphatic rings. The average molecular weight is 445 g/mol. The number of amides is 2. The molecular formula is C24H32N2O4S. The SMILES string of the molecule is CCN1c2cc(C)c(/C=C3/SC(=O)N(CC(=O)OC(C)C)C3=O)cc2C(C)CC1(C)C. The first kappa shape index (κ1) is 23.4. The maximum absolute atomic E-state index is 12.8. The van der Waals surface area contributed by atoms with Crippen LogP contribution in [0.5, 0.6) is 0 Å². The molecule has 0 aromatic heterocycles. The first-order valence-electron chi connectivity index (χ1n) is 10.8. The molecule has 1 unspecified atom stereocenters. The molecule has 0 spiro atoms. The van der Waals surface area contributed by atoms with Crippen LogP contribution in [0.15, 0.2) is 17.0 Å². The second-order valence-corrected chi connectivity index (χ2v) is 10.2. The van der Waals surface area contributed by atoms with Gasteiger partial charge in [0.15, 0.2) is 0 Å². The minimum atomic E-state index is -0.584. The topological polar surface area (TPSA) is 66.9 Å². The summed E-state index contributed by atoms with van der Waals surface area (Å²) in [5.41, 5.74) is 4.57. The zero-order valence-corrected chi connectivity index (χ0v) is 20.3. The van der Waals surface area contributed by atoms with Gasteiger partial charge >= 0.3 is 5.97 Å². The van der Waals surface area contributed by atoms with Crippen molar-refractivity contribution >= 4 is 40.6 Å². The molecule has 31 heavy (non-hydrogen) atoms. The molecule has 0 saturated carbocycles. The number of esters is 1. The molecule has 6 nitrogen and oxygen atoms in total. The quantitative estimate of drug-likeness (QED) is 0.465. The van der Waals surface area contributed by atoms with Crippen LogP contribution >= 0.6 is 11.8 Å². The smallest absolute Gasteiger partial charge is 0.326 e. The monoisotopic (exact) mass is 444 g/mol. The number of hydrogen-bond acceptors (Lipinski definition) is 6. The number of fused-ring (bicyclic) bond motifs is 1. The Morgan fingerprint density at radius 2 is 2.00 bits per heavy atom. The van der Waals surface area contributed by atoms with Crippen molar-refractivity contribution in [3.8, 4) is 0 Å². The minimum Gasteiger partial charge on any atom is -0.462 e. The molecule has 1 fully saturated rings. The number of imide groups is 1. The second kappa shape index (κ2) is 8.69. The van der Waals surface area contributed by atoms with Gasteiger partial charge in [0.1, 0.15) is 6.54 Å². The van der Waals surface area contributed by atoms with E-state index in [1.807, 2.05) is 6.92 Å². The summed E-state index contributed by atoms with van der Waals surface area (Å²) in [5, 5.41) is -0.445. The lowest BCUT2D eigenvalue weighted by molar-refractivity contribution is -0.149. The van der Waals surface area contributed by atoms with Crippen LogP contribution in [0.2, 0.25) is 0 Å². The number of anilines is 1. The molecule has 1 aromatic rings. The molecule has 168 valence electrons. The second-order valence-electron chi connectivity index (χ2n) is 9.24. The number of hydrogen-bond donors (Lipinski definition) is 0. The van der Waals surface area contributed by atoms with Crippen molar-refractivity contribution in [2.45, 2.75) is 72.4 Å². The van der Waals surface area contributed by atoms with Crippen LogP contribution in [0, 0.1) is 6.92 Å². The van der Waals surface area contributed by atoms with E-state index in [2.05, 4.69) is 44.7 Å².